The van der Waals surface area contributed by atoms with Gasteiger partial charge < -0.3 is 14.6 Å². The van der Waals surface area contributed by atoms with Crippen LogP contribution in [0.3, 0.4) is 0 Å². The molecular weight excluding hydrogens is 468 g/mol. The van der Waals surface area contributed by atoms with Crippen molar-refractivity contribution in [1.82, 2.24) is 0 Å². The molecule has 37 heavy (non-hydrogen) atoms. The Morgan fingerprint density at radius 3 is 2.43 bits per heavy atom. The first-order valence-electron chi connectivity index (χ1n) is 11.9. The lowest BCUT2D eigenvalue weighted by atomic mass is 9.94. The van der Waals surface area contributed by atoms with E-state index in [2.05, 4.69) is 13.8 Å². The van der Waals surface area contributed by atoms with Gasteiger partial charge >= 0.3 is 0 Å². The Morgan fingerprint density at radius 1 is 1.08 bits per heavy atom. The van der Waals surface area contributed by atoms with Crippen molar-refractivity contribution in [3.63, 3.8) is 0 Å². The van der Waals surface area contributed by atoms with Crippen molar-refractivity contribution < 1.29 is 24.2 Å². The van der Waals surface area contributed by atoms with Crippen molar-refractivity contribution in [2.24, 2.45) is 5.92 Å². The van der Waals surface area contributed by atoms with Crippen LogP contribution in [0.1, 0.15) is 42.1 Å². The number of anilines is 1. The first-order valence-corrected chi connectivity index (χ1v) is 11.9. The number of rotatable bonds is 7. The number of nitriles is 1. The molecule has 4 rings (SSSR count). The topological polar surface area (TPSA) is 99.9 Å². The van der Waals surface area contributed by atoms with E-state index in [-0.39, 0.29) is 11.3 Å². The number of hydrogen-bond donors (Lipinski definition) is 1. The van der Waals surface area contributed by atoms with Crippen molar-refractivity contribution in [3.8, 4) is 17.6 Å². The molecule has 1 fully saturated rings. The highest BCUT2D eigenvalue weighted by Crippen LogP contribution is 2.43. The Kier molecular flexibility index (Phi) is 7.30. The van der Waals surface area contributed by atoms with Gasteiger partial charge in [0.15, 0.2) is 0 Å². The average molecular weight is 497 g/mol. The lowest BCUT2D eigenvalue weighted by Crippen LogP contribution is -2.29. The van der Waals surface area contributed by atoms with Gasteiger partial charge in [-0.15, -0.1) is 0 Å². The van der Waals surface area contributed by atoms with Crippen LogP contribution in [0.5, 0.6) is 11.5 Å². The van der Waals surface area contributed by atoms with Gasteiger partial charge in [-0.3, -0.25) is 14.5 Å². The predicted octanol–water partition coefficient (Wildman–Crippen LogP) is 5.54. The first-order chi connectivity index (χ1) is 17.7. The Bertz CT molecular complexity index is 1420. The standard InChI is InChI=1S/C30H28N2O5/c1-18(2)17-37-25-13-10-22(14-19(25)3)28(33)26-27(21-6-5-7-24(15-21)36-4)32(30(35)29(26)34)23-11-8-20(16-31)9-12-23/h5-15,18,27,33H,17H2,1-4H3/b28-26-. The second kappa shape index (κ2) is 10.6. The summed E-state index contributed by atoms with van der Waals surface area (Å²) in [6.07, 6.45) is 0. The van der Waals surface area contributed by atoms with E-state index in [1.54, 1.807) is 66.7 Å². The van der Waals surface area contributed by atoms with E-state index in [0.717, 1.165) is 5.56 Å². The van der Waals surface area contributed by atoms with Crippen LogP contribution >= 0.6 is 0 Å². The van der Waals surface area contributed by atoms with Gasteiger partial charge in [-0.2, -0.15) is 5.26 Å². The van der Waals surface area contributed by atoms with Crippen LogP contribution in [-0.4, -0.2) is 30.5 Å². The van der Waals surface area contributed by atoms with Crippen LogP contribution < -0.4 is 14.4 Å². The minimum Gasteiger partial charge on any atom is -0.507 e. The van der Waals surface area contributed by atoms with E-state index in [1.807, 2.05) is 13.0 Å². The summed E-state index contributed by atoms with van der Waals surface area (Å²) < 4.78 is 11.2. The van der Waals surface area contributed by atoms with Crippen molar-refractivity contribution in [2.75, 3.05) is 18.6 Å². The average Bonchev–Trinajstić information content (AvgIpc) is 3.17. The number of ketones is 1. The number of carbonyl (C=O) groups excluding carboxylic acids is 2. The Labute approximate surface area is 216 Å². The minimum atomic E-state index is -0.903. The minimum absolute atomic E-state index is 0.0298. The summed E-state index contributed by atoms with van der Waals surface area (Å²) >= 11 is 0. The molecule has 0 spiro atoms. The monoisotopic (exact) mass is 496 g/mol. The predicted molar refractivity (Wildman–Crippen MR) is 140 cm³/mol. The number of methoxy groups -OCH3 is 1. The maximum Gasteiger partial charge on any atom is 0.300 e. The van der Waals surface area contributed by atoms with Gasteiger partial charge in [0.1, 0.15) is 17.3 Å². The first kappa shape index (κ1) is 25.5. The molecule has 1 aliphatic heterocycles. The quantitative estimate of drug-likeness (QED) is 0.262. The number of amides is 1. The van der Waals surface area contributed by atoms with Gasteiger partial charge in [-0.05, 0) is 78.6 Å². The molecule has 0 aromatic heterocycles. The molecule has 1 atom stereocenters. The number of Topliss-reactive ketones (excluding diaryl/α,β-unsaturated/α-hetero) is 1. The summed E-state index contributed by atoms with van der Waals surface area (Å²) in [6, 6.07) is 19.7. The molecule has 1 N–H and O–H groups in total. The molecule has 1 aliphatic rings. The molecule has 1 saturated heterocycles. The Balaban J connectivity index is 1.86. The molecule has 0 aliphatic carbocycles. The van der Waals surface area contributed by atoms with E-state index in [9.17, 15) is 20.0 Å². The SMILES string of the molecule is COc1cccc(C2/C(=C(/O)c3ccc(OCC(C)C)c(C)c3)C(=O)C(=O)N2c2ccc(C#N)cc2)c1. The number of aliphatic hydroxyl groups excluding tert-OH is 1. The van der Waals surface area contributed by atoms with E-state index in [0.29, 0.717) is 46.4 Å². The highest BCUT2D eigenvalue weighted by molar-refractivity contribution is 6.51. The summed E-state index contributed by atoms with van der Waals surface area (Å²) in [5.74, 6) is -0.257. The number of hydrogen-bond acceptors (Lipinski definition) is 6. The van der Waals surface area contributed by atoms with E-state index in [1.165, 1.54) is 12.0 Å². The number of benzene rings is 3. The molecule has 3 aromatic rings. The van der Waals surface area contributed by atoms with Crippen LogP contribution in [0, 0.1) is 24.2 Å². The summed E-state index contributed by atoms with van der Waals surface area (Å²) in [5.41, 5.74) is 2.62. The smallest absolute Gasteiger partial charge is 0.300 e. The molecule has 188 valence electrons. The number of ether oxygens (including phenoxy) is 2. The molecule has 0 radical (unpaired) electrons. The van der Waals surface area contributed by atoms with Crippen LogP contribution in [0.25, 0.3) is 5.76 Å². The van der Waals surface area contributed by atoms with Crippen molar-refractivity contribution >= 4 is 23.1 Å². The fourth-order valence-corrected chi connectivity index (χ4v) is 4.29. The van der Waals surface area contributed by atoms with E-state index < -0.39 is 17.7 Å². The fourth-order valence-electron chi connectivity index (χ4n) is 4.29. The Morgan fingerprint density at radius 2 is 1.81 bits per heavy atom. The molecule has 0 saturated carbocycles. The summed E-state index contributed by atoms with van der Waals surface area (Å²) in [6.45, 7) is 6.53. The zero-order valence-electron chi connectivity index (χ0n) is 21.2. The van der Waals surface area contributed by atoms with E-state index >= 15 is 0 Å². The highest BCUT2D eigenvalue weighted by atomic mass is 16.5. The normalized spacial score (nSPS) is 16.6. The second-order valence-electron chi connectivity index (χ2n) is 9.29. The molecule has 1 amide bonds. The third-order valence-corrected chi connectivity index (χ3v) is 6.15. The number of carbonyl (C=O) groups is 2. The van der Waals surface area contributed by atoms with Gasteiger partial charge in [0.25, 0.3) is 11.7 Å². The lowest BCUT2D eigenvalue weighted by Gasteiger charge is -2.25. The van der Waals surface area contributed by atoms with Gasteiger partial charge in [0, 0.05) is 11.3 Å². The van der Waals surface area contributed by atoms with Crippen LogP contribution in [-0.2, 0) is 9.59 Å². The third-order valence-electron chi connectivity index (χ3n) is 6.15. The third kappa shape index (κ3) is 5.05. The maximum absolute atomic E-state index is 13.4. The molecule has 0 bridgehead atoms. The maximum atomic E-state index is 13.4. The number of aryl methyl sites for hydroxylation is 1. The summed E-state index contributed by atoms with van der Waals surface area (Å²) in [7, 11) is 1.53. The van der Waals surface area contributed by atoms with Crippen molar-refractivity contribution in [3.05, 3.63) is 94.6 Å². The molecule has 3 aromatic carbocycles. The van der Waals surface area contributed by atoms with Gasteiger partial charge in [0.2, 0.25) is 0 Å². The number of aliphatic hydroxyl groups is 1. The van der Waals surface area contributed by atoms with Crippen LogP contribution in [0.4, 0.5) is 5.69 Å². The molecule has 7 nitrogen and oxygen atoms in total. The van der Waals surface area contributed by atoms with Crippen LogP contribution in [0.2, 0.25) is 0 Å². The lowest BCUT2D eigenvalue weighted by molar-refractivity contribution is -0.132. The zero-order chi connectivity index (χ0) is 26.7. The molecule has 7 heteroatoms. The fraction of sp³-hybridized carbons (Fsp3) is 0.233. The largest absolute Gasteiger partial charge is 0.507 e. The Hall–Kier alpha value is -4.57. The molecule has 1 heterocycles. The summed E-state index contributed by atoms with van der Waals surface area (Å²) in [5, 5.41) is 20.6. The zero-order valence-corrected chi connectivity index (χ0v) is 21.2. The van der Waals surface area contributed by atoms with Crippen LogP contribution in [0.15, 0.2) is 72.3 Å². The highest BCUT2D eigenvalue weighted by Gasteiger charge is 2.47. The van der Waals surface area contributed by atoms with E-state index in [4.69, 9.17) is 9.47 Å². The number of nitrogens with zero attached hydrogens (tertiary/aromatic N) is 2. The van der Waals surface area contributed by atoms with Gasteiger partial charge in [-0.1, -0.05) is 26.0 Å². The van der Waals surface area contributed by atoms with Crippen molar-refractivity contribution in [1.29, 1.82) is 5.26 Å². The van der Waals surface area contributed by atoms with Gasteiger partial charge in [0.05, 0.1) is 37.0 Å². The second-order valence-corrected chi connectivity index (χ2v) is 9.29. The van der Waals surface area contributed by atoms with Gasteiger partial charge in [-0.25, -0.2) is 0 Å². The molecule has 1 unspecified atom stereocenters. The summed E-state index contributed by atoms with van der Waals surface area (Å²) in [4.78, 5) is 28.1. The van der Waals surface area contributed by atoms with Crippen molar-refractivity contribution in [2.45, 2.75) is 26.8 Å². The molecular formula is C30H28N2O5.